The zero-order valence-electron chi connectivity index (χ0n) is 7.87. The second-order valence-corrected chi connectivity index (χ2v) is 3.31. The summed E-state index contributed by atoms with van der Waals surface area (Å²) in [6.07, 6.45) is 0. The molecule has 0 unspecified atom stereocenters. The van der Waals surface area contributed by atoms with Crippen LogP contribution in [0.1, 0.15) is 0 Å². The first-order valence-electron chi connectivity index (χ1n) is 3.22. The second kappa shape index (κ2) is 7.05. The fourth-order valence-electron chi connectivity index (χ4n) is 0.400. The Morgan fingerprint density at radius 1 is 0.917 bits per heavy atom. The van der Waals surface area contributed by atoms with Crippen molar-refractivity contribution >= 4 is 34.7 Å². The van der Waals surface area contributed by atoms with Gasteiger partial charge in [0, 0.05) is 28.2 Å². The van der Waals surface area contributed by atoms with Gasteiger partial charge in [0.15, 0.2) is 10.2 Å². The third kappa shape index (κ3) is 12.1. The van der Waals surface area contributed by atoms with Crippen molar-refractivity contribution in [2.24, 2.45) is 11.5 Å². The maximum Gasteiger partial charge on any atom is 0.170 e. The van der Waals surface area contributed by atoms with E-state index in [2.05, 4.69) is 23.7 Å². The summed E-state index contributed by atoms with van der Waals surface area (Å²) in [5.41, 5.74) is 9.24. The Balaban J connectivity index is 0. The quantitative estimate of drug-likeness (QED) is 0.528. The van der Waals surface area contributed by atoms with Crippen molar-refractivity contribution in [1.29, 1.82) is 0 Å². The number of hydrogen-bond acceptors (Lipinski definition) is 2. The van der Waals surface area contributed by atoms with Crippen molar-refractivity contribution in [3.8, 4) is 0 Å². The van der Waals surface area contributed by atoms with Crippen LogP contribution in [0.25, 0.3) is 0 Å². The topological polar surface area (TPSA) is 58.5 Å². The first-order chi connectivity index (χ1) is 5.29. The lowest BCUT2D eigenvalue weighted by atomic mass is 10.8. The van der Waals surface area contributed by atoms with Crippen LogP contribution in [0.3, 0.4) is 0 Å². The van der Waals surface area contributed by atoms with Gasteiger partial charge in [0.25, 0.3) is 0 Å². The minimum atomic E-state index is 0.000000000000000222. The van der Waals surface area contributed by atoms with Crippen molar-refractivity contribution in [1.82, 2.24) is 9.80 Å². The average Bonchev–Trinajstić information content (AvgIpc) is 1.84. The lowest BCUT2D eigenvalue weighted by Crippen LogP contribution is -2.32. The maximum absolute atomic E-state index is 4.95. The third-order valence-corrected chi connectivity index (χ3v) is 1.50. The van der Waals surface area contributed by atoms with Crippen LogP contribution in [0.5, 0.6) is 0 Å². The number of nitrogens with zero attached hydrogens (tertiary/aromatic N) is 2. The predicted octanol–water partition coefficient (Wildman–Crippen LogP) is -0.417. The van der Waals surface area contributed by atoms with Crippen LogP contribution in [-0.4, -0.2) is 48.2 Å². The molecule has 0 heterocycles. The Labute approximate surface area is 84.5 Å². The van der Waals surface area contributed by atoms with Crippen LogP contribution in [0, 0.1) is 0 Å². The van der Waals surface area contributed by atoms with E-state index in [4.69, 9.17) is 12.2 Å². The van der Waals surface area contributed by atoms with Crippen LogP contribution in [0.4, 0.5) is 0 Å². The molecule has 0 atom stereocenters. The molecule has 0 aromatic heterocycles. The van der Waals surface area contributed by atoms with Gasteiger partial charge in [-0.3, -0.25) is 0 Å². The van der Waals surface area contributed by atoms with Gasteiger partial charge in [0.2, 0.25) is 0 Å². The SMILES string of the molecule is CN(C)C(=S)N(C)C.NC(N)=S. The lowest BCUT2D eigenvalue weighted by molar-refractivity contribution is 0.501. The molecule has 0 rings (SSSR count). The summed E-state index contributed by atoms with van der Waals surface area (Å²) in [6, 6.07) is 0. The fourth-order valence-corrected chi connectivity index (χ4v) is 0.400. The Bertz CT molecular complexity index is 142. The minimum absolute atomic E-state index is 0.000000000000000222. The first kappa shape index (κ1) is 13.9. The monoisotopic (exact) mass is 208 g/mol. The van der Waals surface area contributed by atoms with Crippen molar-refractivity contribution in [3.63, 3.8) is 0 Å². The lowest BCUT2D eigenvalue weighted by Gasteiger charge is -2.20. The summed E-state index contributed by atoms with van der Waals surface area (Å²) in [5.74, 6) is 0. The molecule has 0 saturated carbocycles. The highest BCUT2D eigenvalue weighted by molar-refractivity contribution is 7.80. The molecule has 0 aliphatic carbocycles. The zero-order valence-corrected chi connectivity index (χ0v) is 9.50. The van der Waals surface area contributed by atoms with Crippen molar-refractivity contribution in [3.05, 3.63) is 0 Å². The van der Waals surface area contributed by atoms with E-state index in [-0.39, 0.29) is 5.11 Å². The number of nitrogens with two attached hydrogens (primary N) is 2. The molecule has 0 amide bonds. The molecule has 12 heavy (non-hydrogen) atoms. The molecule has 4 N–H and O–H groups in total. The Morgan fingerprint density at radius 3 is 1.08 bits per heavy atom. The predicted molar refractivity (Wildman–Crippen MR) is 60.9 cm³/mol. The van der Waals surface area contributed by atoms with Gasteiger partial charge in [0.1, 0.15) is 0 Å². The normalized spacial score (nSPS) is 7.67. The zero-order chi connectivity index (χ0) is 10.3. The largest absolute Gasteiger partial charge is 0.377 e. The molecule has 0 aliphatic rings. The van der Waals surface area contributed by atoms with Gasteiger partial charge >= 0.3 is 0 Å². The molecule has 0 saturated heterocycles. The summed E-state index contributed by atoms with van der Waals surface area (Å²) >= 11 is 9.05. The van der Waals surface area contributed by atoms with Gasteiger partial charge in [0.05, 0.1) is 0 Å². The van der Waals surface area contributed by atoms with Crippen LogP contribution in [0.2, 0.25) is 0 Å². The van der Waals surface area contributed by atoms with Gasteiger partial charge in [-0.05, 0) is 24.4 Å². The number of rotatable bonds is 0. The maximum atomic E-state index is 4.95. The molecule has 0 bridgehead atoms. The molecule has 0 aromatic carbocycles. The van der Waals surface area contributed by atoms with E-state index in [0.29, 0.717) is 0 Å². The molecule has 72 valence electrons. The summed E-state index contributed by atoms with van der Waals surface area (Å²) in [6.45, 7) is 0. The molecule has 4 nitrogen and oxygen atoms in total. The van der Waals surface area contributed by atoms with Crippen LogP contribution in [0.15, 0.2) is 0 Å². The van der Waals surface area contributed by atoms with Gasteiger partial charge in [-0.15, -0.1) is 0 Å². The summed E-state index contributed by atoms with van der Waals surface area (Å²) in [4.78, 5) is 3.80. The highest BCUT2D eigenvalue weighted by atomic mass is 32.1. The minimum Gasteiger partial charge on any atom is -0.377 e. The van der Waals surface area contributed by atoms with E-state index in [0.717, 1.165) is 5.11 Å². The van der Waals surface area contributed by atoms with E-state index in [1.807, 2.05) is 38.0 Å². The first-order valence-corrected chi connectivity index (χ1v) is 4.04. The average molecular weight is 208 g/mol. The van der Waals surface area contributed by atoms with E-state index in [1.54, 1.807) is 0 Å². The summed E-state index contributed by atoms with van der Waals surface area (Å²) in [7, 11) is 7.73. The summed E-state index contributed by atoms with van der Waals surface area (Å²) in [5, 5.41) is 0.852. The molecule has 6 heteroatoms. The molecule has 0 aromatic rings. The Kier molecular flexibility index (Phi) is 8.19. The third-order valence-electron chi connectivity index (χ3n) is 0.765. The number of thiocarbonyl (C=S) groups is 2. The van der Waals surface area contributed by atoms with Crippen molar-refractivity contribution in [2.75, 3.05) is 28.2 Å². The van der Waals surface area contributed by atoms with Crippen LogP contribution >= 0.6 is 24.4 Å². The van der Waals surface area contributed by atoms with Gasteiger partial charge in [-0.25, -0.2) is 0 Å². The van der Waals surface area contributed by atoms with Crippen LogP contribution < -0.4 is 11.5 Å². The highest BCUT2D eigenvalue weighted by Gasteiger charge is 1.97. The van der Waals surface area contributed by atoms with Crippen molar-refractivity contribution in [2.45, 2.75) is 0 Å². The molecular weight excluding hydrogens is 192 g/mol. The van der Waals surface area contributed by atoms with E-state index in [9.17, 15) is 0 Å². The fraction of sp³-hybridized carbons (Fsp3) is 0.667. The second-order valence-electron chi connectivity index (χ2n) is 2.47. The standard InChI is InChI=1S/C5H12N2S.CH4N2S/c1-6(2)5(8)7(3)4;2-1(3)4/h1-4H3;(H4,2,3,4). The van der Waals surface area contributed by atoms with E-state index < -0.39 is 0 Å². The molecule has 0 radical (unpaired) electrons. The van der Waals surface area contributed by atoms with Gasteiger partial charge in [-0.2, -0.15) is 0 Å². The van der Waals surface area contributed by atoms with Crippen LogP contribution in [-0.2, 0) is 0 Å². The molecule has 0 aliphatic heterocycles. The molecule has 0 fully saturated rings. The van der Waals surface area contributed by atoms with Crippen molar-refractivity contribution < 1.29 is 0 Å². The highest BCUT2D eigenvalue weighted by Crippen LogP contribution is 1.84. The van der Waals surface area contributed by atoms with E-state index in [1.165, 1.54) is 0 Å². The Morgan fingerprint density at radius 2 is 1.08 bits per heavy atom. The number of hydrogen-bond donors (Lipinski definition) is 2. The molecule has 0 spiro atoms. The van der Waals surface area contributed by atoms with Gasteiger partial charge < -0.3 is 21.3 Å². The van der Waals surface area contributed by atoms with E-state index >= 15 is 0 Å². The Hall–Kier alpha value is -0.620. The summed E-state index contributed by atoms with van der Waals surface area (Å²) < 4.78 is 0. The molecular formula is C6H16N4S2. The van der Waals surface area contributed by atoms with Gasteiger partial charge in [-0.1, -0.05) is 0 Å². The smallest absolute Gasteiger partial charge is 0.170 e.